The van der Waals surface area contributed by atoms with E-state index in [2.05, 4.69) is 20.9 Å². The first kappa shape index (κ1) is 17.8. The highest BCUT2D eigenvalue weighted by atomic mass is 16.1. The van der Waals surface area contributed by atoms with E-state index in [1.165, 1.54) is 0 Å². The van der Waals surface area contributed by atoms with Crippen LogP contribution in [0.15, 0.2) is 54.7 Å². The predicted molar refractivity (Wildman–Crippen MR) is 103 cm³/mol. The molecule has 6 heteroatoms. The number of carbonyl (C=O) groups is 1. The van der Waals surface area contributed by atoms with Crippen LogP contribution >= 0.6 is 0 Å². The molecule has 0 saturated carbocycles. The number of aromatic nitrogens is 3. The molecule has 134 valence electrons. The molecular weight excluding hydrogens is 326 g/mol. The molecule has 3 rings (SSSR count). The number of hydrogen-bond donors (Lipinski definition) is 2. The van der Waals surface area contributed by atoms with Gasteiger partial charge in [0.1, 0.15) is 5.69 Å². The van der Waals surface area contributed by atoms with E-state index in [0.29, 0.717) is 5.56 Å². The summed E-state index contributed by atoms with van der Waals surface area (Å²) in [6.45, 7) is 3.67. The van der Waals surface area contributed by atoms with Crippen LogP contribution in [0.5, 0.6) is 0 Å². The van der Waals surface area contributed by atoms with Gasteiger partial charge in [-0.25, -0.2) is 0 Å². The van der Waals surface area contributed by atoms with Crippen molar-refractivity contribution in [2.24, 2.45) is 0 Å². The summed E-state index contributed by atoms with van der Waals surface area (Å²) >= 11 is 0. The highest BCUT2D eigenvalue weighted by Gasteiger charge is 2.12. The number of anilines is 1. The predicted octanol–water partition coefficient (Wildman–Crippen LogP) is 3.12. The number of nitrogens with zero attached hydrogens (tertiary/aromatic N) is 3. The van der Waals surface area contributed by atoms with E-state index in [-0.39, 0.29) is 5.91 Å². The molecule has 0 aliphatic rings. The third-order valence-electron chi connectivity index (χ3n) is 4.16. The van der Waals surface area contributed by atoms with E-state index in [0.717, 1.165) is 42.0 Å². The molecule has 2 aromatic carbocycles. The summed E-state index contributed by atoms with van der Waals surface area (Å²) in [5.74, 6) is -0.128. The summed E-state index contributed by atoms with van der Waals surface area (Å²) in [4.78, 5) is 12.6. The fourth-order valence-corrected chi connectivity index (χ4v) is 2.70. The fourth-order valence-electron chi connectivity index (χ4n) is 2.70. The molecule has 1 aromatic heterocycles. The highest BCUT2D eigenvalue weighted by Crippen LogP contribution is 2.21. The maximum absolute atomic E-state index is 12.6. The van der Waals surface area contributed by atoms with Crippen LogP contribution in [0.2, 0.25) is 0 Å². The molecule has 0 unspecified atom stereocenters. The summed E-state index contributed by atoms with van der Waals surface area (Å²) in [6, 6.07) is 15.2. The molecule has 2 N–H and O–H groups in total. The van der Waals surface area contributed by atoms with Crippen LogP contribution in [-0.2, 0) is 6.54 Å². The van der Waals surface area contributed by atoms with Gasteiger partial charge in [0.15, 0.2) is 0 Å². The van der Waals surface area contributed by atoms with Crippen molar-refractivity contribution in [2.75, 3.05) is 18.9 Å². The Morgan fingerprint density at radius 1 is 1.15 bits per heavy atom. The minimum absolute atomic E-state index is 0.128. The maximum atomic E-state index is 12.6. The molecule has 0 bridgehead atoms. The Bertz CT molecular complexity index is 873. The van der Waals surface area contributed by atoms with E-state index in [1.807, 2.05) is 73.4 Å². The Labute approximate surface area is 153 Å². The zero-order valence-electron chi connectivity index (χ0n) is 15.1. The smallest absolute Gasteiger partial charge is 0.255 e. The van der Waals surface area contributed by atoms with Gasteiger partial charge in [0.05, 0.1) is 6.20 Å². The van der Waals surface area contributed by atoms with Gasteiger partial charge in [-0.15, -0.1) is 5.10 Å². The fraction of sp³-hybridized carbons (Fsp3) is 0.250. The third kappa shape index (κ3) is 4.34. The lowest BCUT2D eigenvalue weighted by Crippen LogP contribution is -2.13. The van der Waals surface area contributed by atoms with Gasteiger partial charge >= 0.3 is 0 Å². The average Bonchev–Trinajstić information content (AvgIpc) is 3.12. The van der Waals surface area contributed by atoms with Gasteiger partial charge in [-0.3, -0.25) is 9.48 Å². The van der Waals surface area contributed by atoms with Gasteiger partial charge < -0.3 is 10.6 Å². The van der Waals surface area contributed by atoms with Gasteiger partial charge in [-0.1, -0.05) is 35.5 Å². The molecule has 26 heavy (non-hydrogen) atoms. The second-order valence-electron chi connectivity index (χ2n) is 6.17. The van der Waals surface area contributed by atoms with Crippen molar-refractivity contribution >= 4 is 11.6 Å². The quantitative estimate of drug-likeness (QED) is 0.643. The first-order valence-corrected chi connectivity index (χ1v) is 8.69. The zero-order valence-corrected chi connectivity index (χ0v) is 15.1. The van der Waals surface area contributed by atoms with E-state index in [9.17, 15) is 4.79 Å². The van der Waals surface area contributed by atoms with Crippen LogP contribution in [0.4, 0.5) is 5.69 Å². The van der Waals surface area contributed by atoms with Crippen molar-refractivity contribution in [3.05, 3.63) is 65.9 Å². The van der Waals surface area contributed by atoms with Crippen molar-refractivity contribution in [3.63, 3.8) is 0 Å². The summed E-state index contributed by atoms with van der Waals surface area (Å²) in [5.41, 5.74) is 3.98. The molecule has 0 fully saturated rings. The SMILES string of the molecule is CNCCCn1cc(-c2ccc(C)c(C(=O)Nc3ccccc3)c2)nn1. The van der Waals surface area contributed by atoms with E-state index in [4.69, 9.17) is 0 Å². The molecule has 0 saturated heterocycles. The number of benzene rings is 2. The van der Waals surface area contributed by atoms with E-state index in [1.54, 1.807) is 0 Å². The minimum atomic E-state index is -0.128. The molecule has 0 spiro atoms. The molecule has 0 radical (unpaired) electrons. The van der Waals surface area contributed by atoms with Gasteiger partial charge in [0, 0.05) is 23.4 Å². The van der Waals surface area contributed by atoms with Crippen molar-refractivity contribution in [1.29, 1.82) is 0 Å². The second-order valence-corrected chi connectivity index (χ2v) is 6.17. The average molecular weight is 349 g/mol. The van der Waals surface area contributed by atoms with Crippen molar-refractivity contribution in [2.45, 2.75) is 19.9 Å². The Hall–Kier alpha value is -2.99. The van der Waals surface area contributed by atoms with Gasteiger partial charge in [0.2, 0.25) is 0 Å². The number of rotatable bonds is 7. The van der Waals surface area contributed by atoms with Crippen LogP contribution in [0, 0.1) is 6.92 Å². The number of para-hydroxylation sites is 1. The Morgan fingerprint density at radius 3 is 2.73 bits per heavy atom. The highest BCUT2D eigenvalue weighted by molar-refractivity contribution is 6.05. The summed E-state index contributed by atoms with van der Waals surface area (Å²) in [7, 11) is 1.93. The second kappa shape index (κ2) is 8.40. The maximum Gasteiger partial charge on any atom is 0.255 e. The molecule has 1 amide bonds. The zero-order chi connectivity index (χ0) is 18.4. The van der Waals surface area contributed by atoms with Crippen molar-refractivity contribution in [3.8, 4) is 11.3 Å². The first-order valence-electron chi connectivity index (χ1n) is 8.69. The Kier molecular flexibility index (Phi) is 5.76. The molecular formula is C20H23N5O. The largest absolute Gasteiger partial charge is 0.322 e. The minimum Gasteiger partial charge on any atom is -0.322 e. The standard InChI is InChI=1S/C20H23N5O/c1-15-9-10-16(19-14-25(24-23-19)12-6-11-21-2)13-18(15)20(26)22-17-7-4-3-5-8-17/h3-5,7-10,13-14,21H,6,11-12H2,1-2H3,(H,22,26). The lowest BCUT2D eigenvalue weighted by molar-refractivity contribution is 0.102. The van der Waals surface area contributed by atoms with Crippen LogP contribution in [0.25, 0.3) is 11.3 Å². The number of aryl methyl sites for hydroxylation is 2. The van der Waals surface area contributed by atoms with Crippen LogP contribution < -0.4 is 10.6 Å². The Balaban J connectivity index is 1.78. The van der Waals surface area contributed by atoms with Gasteiger partial charge in [-0.2, -0.15) is 0 Å². The first-order chi connectivity index (χ1) is 12.7. The molecule has 1 heterocycles. The molecule has 0 aliphatic heterocycles. The summed E-state index contributed by atoms with van der Waals surface area (Å²) in [6.07, 6.45) is 2.90. The van der Waals surface area contributed by atoms with Crippen molar-refractivity contribution < 1.29 is 4.79 Å². The third-order valence-corrected chi connectivity index (χ3v) is 4.16. The monoisotopic (exact) mass is 349 g/mol. The molecule has 6 nitrogen and oxygen atoms in total. The van der Waals surface area contributed by atoms with E-state index >= 15 is 0 Å². The number of hydrogen-bond acceptors (Lipinski definition) is 4. The normalized spacial score (nSPS) is 10.7. The topological polar surface area (TPSA) is 71.8 Å². The van der Waals surface area contributed by atoms with Crippen LogP contribution in [-0.4, -0.2) is 34.5 Å². The van der Waals surface area contributed by atoms with Crippen molar-refractivity contribution in [1.82, 2.24) is 20.3 Å². The lowest BCUT2D eigenvalue weighted by Gasteiger charge is -2.09. The summed E-state index contributed by atoms with van der Waals surface area (Å²) < 4.78 is 1.83. The Morgan fingerprint density at radius 2 is 1.96 bits per heavy atom. The number of amides is 1. The molecule has 0 aliphatic carbocycles. The van der Waals surface area contributed by atoms with Gasteiger partial charge in [0.25, 0.3) is 5.91 Å². The molecule has 0 atom stereocenters. The van der Waals surface area contributed by atoms with E-state index < -0.39 is 0 Å². The number of nitrogens with one attached hydrogen (secondary N) is 2. The number of carbonyl (C=O) groups excluding carboxylic acids is 1. The molecule has 3 aromatic rings. The van der Waals surface area contributed by atoms with Crippen LogP contribution in [0.1, 0.15) is 22.3 Å². The van der Waals surface area contributed by atoms with Crippen LogP contribution in [0.3, 0.4) is 0 Å². The summed E-state index contributed by atoms with van der Waals surface area (Å²) in [5, 5.41) is 14.5. The lowest BCUT2D eigenvalue weighted by atomic mass is 10.0. The van der Waals surface area contributed by atoms with Gasteiger partial charge in [-0.05, 0) is 50.7 Å².